The van der Waals surface area contributed by atoms with Gasteiger partial charge in [0.15, 0.2) is 0 Å². The second kappa shape index (κ2) is 4.87. The van der Waals surface area contributed by atoms with Gasteiger partial charge in [0.1, 0.15) is 6.29 Å². The predicted molar refractivity (Wildman–Crippen MR) is 46.8 cm³/mol. The molecule has 0 spiro atoms. The molecule has 0 saturated heterocycles. The summed E-state index contributed by atoms with van der Waals surface area (Å²) in [6.45, 7) is 4.66. The monoisotopic (exact) mass is 172 g/mol. The topological polar surface area (TPSA) is 49.4 Å². The van der Waals surface area contributed by atoms with E-state index in [1.54, 1.807) is 20.9 Å². The van der Waals surface area contributed by atoms with Gasteiger partial charge in [-0.3, -0.25) is 4.79 Å². The van der Waals surface area contributed by atoms with Crippen molar-refractivity contribution in [1.82, 2.24) is 10.2 Å². The van der Waals surface area contributed by atoms with Gasteiger partial charge in [-0.25, -0.2) is 0 Å². The maximum atomic E-state index is 10.6. The van der Waals surface area contributed by atoms with E-state index in [4.69, 9.17) is 0 Å². The first-order valence-corrected chi connectivity index (χ1v) is 3.91. The zero-order valence-corrected chi connectivity index (χ0v) is 7.83. The van der Waals surface area contributed by atoms with Crippen LogP contribution in [-0.4, -0.2) is 43.3 Å². The van der Waals surface area contributed by atoms with E-state index in [-0.39, 0.29) is 0 Å². The zero-order chi connectivity index (χ0) is 9.61. The number of hydrogen-bond acceptors (Lipinski definition) is 3. The Morgan fingerprint density at radius 2 is 2.00 bits per heavy atom. The molecule has 0 aromatic heterocycles. The van der Waals surface area contributed by atoms with E-state index in [2.05, 4.69) is 5.32 Å². The lowest BCUT2D eigenvalue weighted by Gasteiger charge is -2.30. The highest BCUT2D eigenvalue weighted by Crippen LogP contribution is 2.07. The third kappa shape index (κ3) is 3.00. The van der Waals surface area contributed by atoms with Gasteiger partial charge >= 0.3 is 0 Å². The van der Waals surface area contributed by atoms with E-state index in [1.165, 1.54) is 4.90 Å². The highest BCUT2D eigenvalue weighted by Gasteiger charge is 2.23. The minimum absolute atomic E-state index is 0.547. The Morgan fingerprint density at radius 3 is 2.33 bits per heavy atom. The lowest BCUT2D eigenvalue weighted by molar-refractivity contribution is -0.129. The van der Waals surface area contributed by atoms with Crippen molar-refractivity contribution in [2.24, 2.45) is 0 Å². The zero-order valence-electron chi connectivity index (χ0n) is 7.83. The second-order valence-electron chi connectivity index (χ2n) is 3.17. The number of rotatable bonds is 6. The van der Waals surface area contributed by atoms with Crippen LogP contribution in [0.5, 0.6) is 0 Å². The van der Waals surface area contributed by atoms with E-state index in [0.29, 0.717) is 19.5 Å². The molecule has 0 heterocycles. The minimum atomic E-state index is -0.696. The first-order chi connectivity index (χ1) is 5.58. The molecule has 70 valence electrons. The Hall–Kier alpha value is -0.900. The molecule has 1 amide bonds. The van der Waals surface area contributed by atoms with Crippen LogP contribution in [0.4, 0.5) is 0 Å². The van der Waals surface area contributed by atoms with Crippen LogP contribution in [0, 0.1) is 0 Å². The third-order valence-corrected chi connectivity index (χ3v) is 1.76. The molecule has 0 aliphatic rings. The molecule has 0 radical (unpaired) electrons. The lowest BCUT2D eigenvalue weighted by Crippen LogP contribution is -2.46. The summed E-state index contributed by atoms with van der Waals surface area (Å²) >= 11 is 0. The molecule has 0 saturated carbocycles. The van der Waals surface area contributed by atoms with Crippen molar-refractivity contribution in [3.63, 3.8) is 0 Å². The van der Waals surface area contributed by atoms with Gasteiger partial charge < -0.3 is 15.0 Å². The quantitative estimate of drug-likeness (QED) is 0.557. The number of aldehydes is 1. The van der Waals surface area contributed by atoms with E-state index in [1.807, 2.05) is 0 Å². The van der Waals surface area contributed by atoms with E-state index >= 15 is 0 Å². The second-order valence-corrected chi connectivity index (χ2v) is 3.17. The number of amides is 1. The molecule has 0 aromatic carbocycles. The van der Waals surface area contributed by atoms with Gasteiger partial charge in [-0.1, -0.05) is 0 Å². The number of nitrogens with one attached hydrogen (secondary N) is 1. The van der Waals surface area contributed by atoms with Gasteiger partial charge in [0.05, 0.1) is 5.54 Å². The van der Waals surface area contributed by atoms with E-state index in [9.17, 15) is 9.59 Å². The van der Waals surface area contributed by atoms with Crippen LogP contribution >= 0.6 is 0 Å². The summed E-state index contributed by atoms with van der Waals surface area (Å²) in [4.78, 5) is 22.6. The SMILES string of the molecule is CNCCN(C=O)C(C)(C)C=O. The summed E-state index contributed by atoms with van der Waals surface area (Å²) in [6.07, 6.45) is 1.48. The number of carbonyl (C=O) groups excluding carboxylic acids is 2. The largest absolute Gasteiger partial charge is 0.332 e. The molecule has 0 bridgehead atoms. The fourth-order valence-electron chi connectivity index (χ4n) is 0.777. The standard InChI is InChI=1S/C8H16N2O2/c1-8(2,6-11)10(7-12)5-4-9-3/h6-7,9H,4-5H2,1-3H3. The van der Waals surface area contributed by atoms with Gasteiger partial charge in [0, 0.05) is 13.1 Å². The Morgan fingerprint density at radius 1 is 1.42 bits per heavy atom. The van der Waals surface area contributed by atoms with Gasteiger partial charge in [-0.05, 0) is 20.9 Å². The van der Waals surface area contributed by atoms with Crippen LogP contribution in [0.15, 0.2) is 0 Å². The average molecular weight is 172 g/mol. The number of likely N-dealkylation sites (N-methyl/N-ethyl adjacent to an activating group) is 1. The van der Waals surface area contributed by atoms with Crippen LogP contribution in [-0.2, 0) is 9.59 Å². The first kappa shape index (κ1) is 11.1. The maximum Gasteiger partial charge on any atom is 0.210 e. The molecule has 0 unspecified atom stereocenters. The van der Waals surface area contributed by atoms with Crippen LogP contribution in [0.1, 0.15) is 13.8 Å². The third-order valence-electron chi connectivity index (χ3n) is 1.76. The van der Waals surface area contributed by atoms with E-state index < -0.39 is 5.54 Å². The van der Waals surface area contributed by atoms with Crippen molar-refractivity contribution in [3.8, 4) is 0 Å². The number of hydrogen-bond donors (Lipinski definition) is 1. The van der Waals surface area contributed by atoms with Gasteiger partial charge in [0.25, 0.3) is 0 Å². The first-order valence-electron chi connectivity index (χ1n) is 3.91. The molecule has 0 atom stereocenters. The van der Waals surface area contributed by atoms with Crippen molar-refractivity contribution < 1.29 is 9.59 Å². The summed E-state index contributed by atoms with van der Waals surface area (Å²) in [5.74, 6) is 0. The summed E-state index contributed by atoms with van der Waals surface area (Å²) < 4.78 is 0. The molecular weight excluding hydrogens is 156 g/mol. The molecule has 0 aromatic rings. The molecule has 1 N–H and O–H groups in total. The molecule has 0 fully saturated rings. The Balaban J connectivity index is 4.13. The van der Waals surface area contributed by atoms with Crippen molar-refractivity contribution in [2.45, 2.75) is 19.4 Å². The predicted octanol–water partition coefficient (Wildman–Crippen LogP) is -0.358. The molecule has 4 heteroatoms. The van der Waals surface area contributed by atoms with Gasteiger partial charge in [0.2, 0.25) is 6.41 Å². The van der Waals surface area contributed by atoms with Crippen molar-refractivity contribution in [3.05, 3.63) is 0 Å². The minimum Gasteiger partial charge on any atom is -0.332 e. The number of nitrogens with zero attached hydrogens (tertiary/aromatic N) is 1. The summed E-state index contributed by atoms with van der Waals surface area (Å²) in [6, 6.07) is 0. The molecule has 0 aliphatic heterocycles. The molecule has 0 aliphatic carbocycles. The average Bonchev–Trinajstić information content (AvgIpc) is 2.05. The molecule has 12 heavy (non-hydrogen) atoms. The molecule has 0 rings (SSSR count). The molecule has 4 nitrogen and oxygen atoms in total. The van der Waals surface area contributed by atoms with E-state index in [0.717, 1.165) is 6.29 Å². The van der Waals surface area contributed by atoms with Crippen LogP contribution in [0.2, 0.25) is 0 Å². The highest BCUT2D eigenvalue weighted by atomic mass is 16.1. The highest BCUT2D eigenvalue weighted by molar-refractivity contribution is 5.68. The Bertz CT molecular complexity index is 157. The number of carbonyl (C=O) groups is 2. The lowest BCUT2D eigenvalue weighted by atomic mass is 10.1. The van der Waals surface area contributed by atoms with Crippen molar-refractivity contribution in [1.29, 1.82) is 0 Å². The Kier molecular flexibility index (Phi) is 4.51. The van der Waals surface area contributed by atoms with Gasteiger partial charge in [-0.15, -0.1) is 0 Å². The molecular formula is C8H16N2O2. The maximum absolute atomic E-state index is 10.6. The normalized spacial score (nSPS) is 10.9. The van der Waals surface area contributed by atoms with Crippen LogP contribution in [0.3, 0.4) is 0 Å². The summed E-state index contributed by atoms with van der Waals surface area (Å²) in [7, 11) is 1.80. The fourth-order valence-corrected chi connectivity index (χ4v) is 0.777. The van der Waals surface area contributed by atoms with Crippen LogP contribution in [0.25, 0.3) is 0 Å². The summed E-state index contributed by atoms with van der Waals surface area (Å²) in [5.41, 5.74) is -0.696. The van der Waals surface area contributed by atoms with Crippen molar-refractivity contribution in [2.75, 3.05) is 20.1 Å². The Labute approximate surface area is 72.9 Å². The fraction of sp³-hybridized carbons (Fsp3) is 0.750. The smallest absolute Gasteiger partial charge is 0.210 e. The van der Waals surface area contributed by atoms with Gasteiger partial charge in [-0.2, -0.15) is 0 Å². The van der Waals surface area contributed by atoms with Crippen LogP contribution < -0.4 is 5.32 Å². The summed E-state index contributed by atoms with van der Waals surface area (Å²) in [5, 5.41) is 2.91. The van der Waals surface area contributed by atoms with Crippen molar-refractivity contribution >= 4 is 12.7 Å².